The van der Waals surface area contributed by atoms with Crippen LogP contribution < -0.4 is 16.3 Å². The third kappa shape index (κ3) is 3.92. The Kier molecular flexibility index (Phi) is 5.44. The summed E-state index contributed by atoms with van der Waals surface area (Å²) in [7, 11) is 0. The molecule has 0 atom stereocenters. The molecular weight excluding hydrogens is 316 g/mol. The monoisotopic (exact) mass is 336 g/mol. The second-order valence-corrected chi connectivity index (χ2v) is 6.23. The van der Waals surface area contributed by atoms with E-state index < -0.39 is 5.63 Å². The number of rotatable bonds is 3. The van der Waals surface area contributed by atoms with E-state index in [1.165, 1.54) is 0 Å². The molecule has 0 aliphatic carbocycles. The highest BCUT2D eigenvalue weighted by atomic mass is 35.5. The molecule has 2 aromatic rings. The lowest BCUT2D eigenvalue weighted by Crippen LogP contribution is -2.43. The maximum atomic E-state index is 12.3. The number of nitrogens with one attached hydrogen (secondary N) is 2. The van der Waals surface area contributed by atoms with Crippen LogP contribution in [0.15, 0.2) is 39.5 Å². The summed E-state index contributed by atoms with van der Waals surface area (Å²) < 4.78 is 5.20. The number of piperidine rings is 1. The Morgan fingerprint density at radius 2 is 2.00 bits per heavy atom. The number of carbonyl (C=O) groups excluding carboxylic acids is 1. The van der Waals surface area contributed by atoms with Gasteiger partial charge in [-0.3, -0.25) is 4.79 Å². The Hall–Kier alpha value is -1.85. The minimum Gasteiger partial charge on any atom is -0.422 e. The lowest BCUT2D eigenvalue weighted by molar-refractivity contribution is 0.0918. The van der Waals surface area contributed by atoms with Gasteiger partial charge in [-0.15, -0.1) is 12.4 Å². The normalized spacial score (nSPS) is 16.6. The number of para-hydroxylation sites is 1. The highest BCUT2D eigenvalue weighted by Gasteiger charge is 2.27. The van der Waals surface area contributed by atoms with E-state index in [0.29, 0.717) is 12.1 Å². The van der Waals surface area contributed by atoms with Crippen molar-refractivity contribution in [3.8, 4) is 0 Å². The molecule has 3 rings (SSSR count). The predicted octanol–water partition coefficient (Wildman–Crippen LogP) is 2.33. The zero-order valence-electron chi connectivity index (χ0n) is 13.1. The van der Waals surface area contributed by atoms with Crippen LogP contribution >= 0.6 is 12.4 Å². The first-order chi connectivity index (χ1) is 10.6. The predicted molar refractivity (Wildman–Crippen MR) is 92.3 cm³/mol. The number of amides is 1. The molecular formula is C17H21ClN2O3. The highest BCUT2D eigenvalue weighted by molar-refractivity contribution is 5.96. The smallest absolute Gasteiger partial charge is 0.349 e. The maximum Gasteiger partial charge on any atom is 0.349 e. The van der Waals surface area contributed by atoms with Crippen molar-refractivity contribution < 1.29 is 9.21 Å². The molecule has 23 heavy (non-hydrogen) atoms. The van der Waals surface area contributed by atoms with Crippen molar-refractivity contribution in [3.63, 3.8) is 0 Å². The minimum atomic E-state index is -0.591. The molecule has 1 amide bonds. The van der Waals surface area contributed by atoms with E-state index in [2.05, 4.69) is 17.6 Å². The third-order valence-electron chi connectivity index (χ3n) is 4.37. The average molecular weight is 337 g/mol. The van der Waals surface area contributed by atoms with E-state index in [4.69, 9.17) is 4.42 Å². The molecule has 0 unspecified atom stereocenters. The summed E-state index contributed by atoms with van der Waals surface area (Å²) >= 11 is 0. The first-order valence-electron chi connectivity index (χ1n) is 7.59. The fraction of sp³-hybridized carbons (Fsp3) is 0.412. The van der Waals surface area contributed by atoms with Gasteiger partial charge < -0.3 is 15.1 Å². The molecule has 1 fully saturated rings. The number of hydrogen-bond donors (Lipinski definition) is 2. The summed E-state index contributed by atoms with van der Waals surface area (Å²) in [6.45, 7) is 4.66. The second-order valence-electron chi connectivity index (χ2n) is 6.23. The summed E-state index contributed by atoms with van der Waals surface area (Å²) in [5, 5.41) is 6.95. The van der Waals surface area contributed by atoms with Gasteiger partial charge in [-0.2, -0.15) is 0 Å². The highest BCUT2D eigenvalue weighted by Crippen LogP contribution is 2.26. The summed E-state index contributed by atoms with van der Waals surface area (Å²) in [6.07, 6.45) is 2.03. The van der Waals surface area contributed by atoms with Crippen LogP contribution in [0.5, 0.6) is 0 Å². The molecule has 6 heteroatoms. The number of benzene rings is 1. The number of hydrogen-bond acceptors (Lipinski definition) is 4. The lowest BCUT2D eigenvalue weighted by atomic mass is 9.81. The molecule has 0 spiro atoms. The Bertz CT molecular complexity index is 751. The zero-order chi connectivity index (χ0) is 15.6. The largest absolute Gasteiger partial charge is 0.422 e. The number of halogens is 1. The standard InChI is InChI=1S/C17H20N2O3.ClH/c1-17(6-8-18-9-7-17)11-19-15(20)13-10-12-4-2-3-5-14(12)22-16(13)21;/h2-5,10,18H,6-9,11H2,1H3,(H,19,20);1H. The molecule has 2 N–H and O–H groups in total. The van der Waals surface area contributed by atoms with E-state index in [1.54, 1.807) is 18.2 Å². The molecule has 1 aliphatic heterocycles. The first kappa shape index (κ1) is 17.5. The SMILES string of the molecule is CC1(CNC(=O)c2cc3ccccc3oc2=O)CCNCC1.Cl. The molecule has 1 aliphatic rings. The van der Waals surface area contributed by atoms with Gasteiger partial charge in [0.15, 0.2) is 0 Å². The molecule has 124 valence electrons. The van der Waals surface area contributed by atoms with E-state index in [0.717, 1.165) is 31.3 Å². The molecule has 1 saturated heterocycles. The van der Waals surface area contributed by atoms with Crippen LogP contribution in [0.1, 0.15) is 30.1 Å². The third-order valence-corrected chi connectivity index (χ3v) is 4.37. The Balaban J connectivity index is 0.00000192. The van der Waals surface area contributed by atoms with E-state index in [-0.39, 0.29) is 29.3 Å². The fourth-order valence-corrected chi connectivity index (χ4v) is 2.82. The van der Waals surface area contributed by atoms with Crippen LogP contribution in [-0.2, 0) is 0 Å². The lowest BCUT2D eigenvalue weighted by Gasteiger charge is -2.34. The van der Waals surface area contributed by atoms with Crippen molar-refractivity contribution in [1.82, 2.24) is 10.6 Å². The van der Waals surface area contributed by atoms with Crippen molar-refractivity contribution in [2.24, 2.45) is 5.41 Å². The van der Waals surface area contributed by atoms with Crippen molar-refractivity contribution in [1.29, 1.82) is 0 Å². The van der Waals surface area contributed by atoms with Crippen LogP contribution in [0.25, 0.3) is 11.0 Å². The summed E-state index contributed by atoms with van der Waals surface area (Å²) in [6, 6.07) is 8.78. The number of fused-ring (bicyclic) bond motifs is 1. The van der Waals surface area contributed by atoms with Crippen molar-refractivity contribution >= 4 is 29.3 Å². The van der Waals surface area contributed by atoms with Gasteiger partial charge in [0.2, 0.25) is 0 Å². The fourth-order valence-electron chi connectivity index (χ4n) is 2.82. The van der Waals surface area contributed by atoms with E-state index in [9.17, 15) is 9.59 Å². The van der Waals surface area contributed by atoms with E-state index >= 15 is 0 Å². The zero-order valence-corrected chi connectivity index (χ0v) is 13.9. The van der Waals surface area contributed by atoms with Crippen molar-refractivity contribution in [3.05, 3.63) is 46.3 Å². The van der Waals surface area contributed by atoms with Gasteiger partial charge in [0.1, 0.15) is 11.1 Å². The molecule has 2 heterocycles. The molecule has 5 nitrogen and oxygen atoms in total. The van der Waals surface area contributed by atoms with Crippen LogP contribution in [-0.4, -0.2) is 25.5 Å². The van der Waals surface area contributed by atoms with Gasteiger partial charge in [0.25, 0.3) is 5.91 Å². The maximum absolute atomic E-state index is 12.3. The van der Waals surface area contributed by atoms with Gasteiger partial charge in [0, 0.05) is 11.9 Å². The average Bonchev–Trinajstić information content (AvgIpc) is 2.53. The first-order valence-corrected chi connectivity index (χ1v) is 7.59. The summed E-state index contributed by atoms with van der Waals surface area (Å²) in [5.74, 6) is -0.362. The summed E-state index contributed by atoms with van der Waals surface area (Å²) in [4.78, 5) is 24.3. The van der Waals surface area contributed by atoms with Gasteiger partial charge in [-0.1, -0.05) is 25.1 Å². The minimum absolute atomic E-state index is 0. The Morgan fingerprint density at radius 1 is 1.30 bits per heavy atom. The molecule has 1 aromatic carbocycles. The Morgan fingerprint density at radius 3 is 2.74 bits per heavy atom. The van der Waals surface area contributed by atoms with Crippen LogP contribution in [0.2, 0.25) is 0 Å². The van der Waals surface area contributed by atoms with Gasteiger partial charge >= 0.3 is 5.63 Å². The van der Waals surface area contributed by atoms with Crippen LogP contribution in [0.4, 0.5) is 0 Å². The Labute approximate surface area is 140 Å². The van der Waals surface area contributed by atoms with Crippen LogP contribution in [0.3, 0.4) is 0 Å². The molecule has 1 aromatic heterocycles. The van der Waals surface area contributed by atoms with Crippen molar-refractivity contribution in [2.45, 2.75) is 19.8 Å². The molecule has 0 radical (unpaired) electrons. The summed E-state index contributed by atoms with van der Waals surface area (Å²) in [5.41, 5.74) is 0.0510. The molecule has 0 saturated carbocycles. The topological polar surface area (TPSA) is 71.3 Å². The van der Waals surface area contributed by atoms with Gasteiger partial charge in [0.05, 0.1) is 0 Å². The quantitative estimate of drug-likeness (QED) is 0.844. The number of carbonyl (C=O) groups is 1. The van der Waals surface area contributed by atoms with E-state index in [1.807, 2.05) is 12.1 Å². The van der Waals surface area contributed by atoms with Crippen molar-refractivity contribution in [2.75, 3.05) is 19.6 Å². The molecule has 0 bridgehead atoms. The van der Waals surface area contributed by atoms with Crippen LogP contribution in [0, 0.1) is 5.41 Å². The van der Waals surface area contributed by atoms with Gasteiger partial charge in [-0.05, 0) is 43.5 Å². The van der Waals surface area contributed by atoms with Gasteiger partial charge in [-0.25, -0.2) is 4.79 Å². The second kappa shape index (κ2) is 7.15.